The minimum atomic E-state index is -0.599. The summed E-state index contributed by atoms with van der Waals surface area (Å²) in [5.41, 5.74) is 1.06. The number of carbonyl (C=O) groups excluding carboxylic acids is 2. The number of alkyl carbamates (subject to hydrolysis) is 1. The van der Waals surface area contributed by atoms with Gasteiger partial charge in [0.05, 0.1) is 11.4 Å². The van der Waals surface area contributed by atoms with E-state index in [1.54, 1.807) is 20.8 Å². The molecule has 0 saturated carbocycles. The molecule has 0 spiro atoms. The minimum absolute atomic E-state index is 0.0569. The molecule has 6 nitrogen and oxygen atoms in total. The van der Waals surface area contributed by atoms with E-state index in [0.717, 1.165) is 5.69 Å². The second-order valence-electron chi connectivity index (χ2n) is 6.91. The van der Waals surface area contributed by atoms with Crippen LogP contribution in [0, 0.1) is 5.82 Å². The Kier molecular flexibility index (Phi) is 6.76. The highest BCUT2D eigenvalue weighted by Gasteiger charge is 2.16. The van der Waals surface area contributed by atoms with Gasteiger partial charge in [0.15, 0.2) is 0 Å². The Labute approximate surface area is 158 Å². The van der Waals surface area contributed by atoms with Gasteiger partial charge in [-0.1, -0.05) is 18.2 Å². The first kappa shape index (κ1) is 20.2. The van der Waals surface area contributed by atoms with E-state index in [0.29, 0.717) is 11.4 Å². The van der Waals surface area contributed by atoms with Crippen molar-refractivity contribution in [2.45, 2.75) is 32.8 Å². The lowest BCUT2D eigenvalue weighted by Crippen LogP contribution is -2.34. The van der Waals surface area contributed by atoms with Gasteiger partial charge in [-0.3, -0.25) is 4.79 Å². The van der Waals surface area contributed by atoms with Crippen LogP contribution < -0.4 is 16.0 Å². The summed E-state index contributed by atoms with van der Waals surface area (Å²) in [6.07, 6.45) is -0.523. The average molecular weight is 373 g/mol. The summed E-state index contributed by atoms with van der Waals surface area (Å²) in [5.74, 6) is -0.730. The maximum atomic E-state index is 13.6. The molecule has 0 saturated heterocycles. The van der Waals surface area contributed by atoms with Gasteiger partial charge in [0.25, 0.3) is 0 Å². The van der Waals surface area contributed by atoms with Crippen LogP contribution in [-0.4, -0.2) is 24.1 Å². The molecule has 0 atom stereocenters. The zero-order chi connectivity index (χ0) is 19.9. The number of hydrogen-bond donors (Lipinski definition) is 3. The summed E-state index contributed by atoms with van der Waals surface area (Å²) in [6.45, 7) is 5.41. The summed E-state index contributed by atoms with van der Waals surface area (Å²) in [6, 6.07) is 13.3. The van der Waals surface area contributed by atoms with Crippen LogP contribution >= 0.6 is 0 Å². The zero-order valence-electron chi connectivity index (χ0n) is 15.6. The van der Waals surface area contributed by atoms with E-state index in [1.165, 1.54) is 18.2 Å². The maximum Gasteiger partial charge on any atom is 0.407 e. The Bertz CT molecular complexity index is 789. The Morgan fingerprint density at radius 3 is 2.41 bits per heavy atom. The smallest absolute Gasteiger partial charge is 0.407 e. The number of halogens is 1. The highest BCUT2D eigenvalue weighted by molar-refractivity contribution is 5.95. The first-order chi connectivity index (χ1) is 12.7. The first-order valence-electron chi connectivity index (χ1n) is 8.61. The molecule has 2 aromatic carbocycles. The molecule has 0 aliphatic rings. The molecular formula is C20H24FN3O3. The monoisotopic (exact) mass is 373 g/mol. The Morgan fingerprint density at radius 1 is 1.04 bits per heavy atom. The fourth-order valence-corrected chi connectivity index (χ4v) is 2.21. The van der Waals surface area contributed by atoms with Crippen molar-refractivity contribution in [2.24, 2.45) is 0 Å². The van der Waals surface area contributed by atoms with Gasteiger partial charge in [0, 0.05) is 18.7 Å². The molecular weight excluding hydrogens is 349 g/mol. The number of nitrogens with one attached hydrogen (secondary N) is 3. The largest absolute Gasteiger partial charge is 0.444 e. The summed E-state index contributed by atoms with van der Waals surface area (Å²) in [4.78, 5) is 23.7. The fourth-order valence-electron chi connectivity index (χ4n) is 2.21. The van der Waals surface area contributed by atoms with Crippen molar-refractivity contribution in [3.05, 3.63) is 54.3 Å². The number of rotatable bonds is 6. The molecule has 2 amide bonds. The number of benzene rings is 2. The van der Waals surface area contributed by atoms with E-state index >= 15 is 0 Å². The Hall–Kier alpha value is -3.09. The number of ether oxygens (including phenoxy) is 1. The van der Waals surface area contributed by atoms with Crippen molar-refractivity contribution in [1.29, 1.82) is 0 Å². The van der Waals surface area contributed by atoms with E-state index in [-0.39, 0.29) is 18.9 Å². The van der Waals surface area contributed by atoms with Crippen molar-refractivity contribution in [2.75, 3.05) is 17.2 Å². The lowest BCUT2D eigenvalue weighted by atomic mass is 10.2. The van der Waals surface area contributed by atoms with Crippen LogP contribution in [0.15, 0.2) is 48.5 Å². The number of anilines is 3. The van der Waals surface area contributed by atoms with Crippen molar-refractivity contribution in [1.82, 2.24) is 5.32 Å². The minimum Gasteiger partial charge on any atom is -0.444 e. The van der Waals surface area contributed by atoms with Gasteiger partial charge >= 0.3 is 6.09 Å². The SMILES string of the molecule is CC(C)(C)OC(=O)NCCC(=O)Nc1ccc(F)cc1Nc1ccccc1. The molecule has 0 aromatic heterocycles. The number of hydrogen-bond acceptors (Lipinski definition) is 4. The Balaban J connectivity index is 1.92. The summed E-state index contributed by atoms with van der Waals surface area (Å²) < 4.78 is 18.7. The van der Waals surface area contributed by atoms with E-state index < -0.39 is 17.5 Å². The van der Waals surface area contributed by atoms with Crippen LogP contribution in [0.2, 0.25) is 0 Å². The normalized spacial score (nSPS) is 10.8. The number of carbonyl (C=O) groups is 2. The van der Waals surface area contributed by atoms with Gasteiger partial charge in [-0.15, -0.1) is 0 Å². The summed E-state index contributed by atoms with van der Waals surface area (Å²) >= 11 is 0. The molecule has 144 valence electrons. The third-order valence-electron chi connectivity index (χ3n) is 3.33. The van der Waals surface area contributed by atoms with Gasteiger partial charge in [0.2, 0.25) is 5.91 Å². The predicted octanol–water partition coefficient (Wildman–Crippen LogP) is 4.42. The van der Waals surface area contributed by atoms with Crippen LogP contribution in [0.1, 0.15) is 27.2 Å². The molecule has 0 aliphatic carbocycles. The van der Waals surface area contributed by atoms with Crippen molar-refractivity contribution >= 4 is 29.1 Å². The summed E-state index contributed by atoms with van der Waals surface area (Å²) in [7, 11) is 0. The third-order valence-corrected chi connectivity index (χ3v) is 3.33. The maximum absolute atomic E-state index is 13.6. The van der Waals surface area contributed by atoms with Crippen molar-refractivity contribution < 1.29 is 18.7 Å². The molecule has 7 heteroatoms. The van der Waals surface area contributed by atoms with Crippen molar-refractivity contribution in [3.63, 3.8) is 0 Å². The molecule has 0 unspecified atom stereocenters. The molecule has 0 bridgehead atoms. The van der Waals surface area contributed by atoms with Gasteiger partial charge in [0.1, 0.15) is 11.4 Å². The number of amides is 2. The van der Waals surface area contributed by atoms with Crippen LogP contribution in [0.3, 0.4) is 0 Å². The topological polar surface area (TPSA) is 79.5 Å². The second kappa shape index (κ2) is 9.02. The Morgan fingerprint density at radius 2 is 1.74 bits per heavy atom. The van der Waals surface area contributed by atoms with Crippen molar-refractivity contribution in [3.8, 4) is 0 Å². The highest BCUT2D eigenvalue weighted by atomic mass is 19.1. The van der Waals surface area contributed by atoms with Crippen LogP contribution in [0.25, 0.3) is 0 Å². The van der Waals surface area contributed by atoms with E-state index in [4.69, 9.17) is 4.74 Å². The van der Waals surface area contributed by atoms with E-state index in [2.05, 4.69) is 16.0 Å². The molecule has 2 rings (SSSR count). The van der Waals surface area contributed by atoms with Gasteiger partial charge < -0.3 is 20.7 Å². The van der Waals surface area contributed by atoms with Crippen LogP contribution in [0.4, 0.5) is 26.2 Å². The highest BCUT2D eigenvalue weighted by Crippen LogP contribution is 2.26. The average Bonchev–Trinajstić information content (AvgIpc) is 2.56. The standard InChI is InChI=1S/C20H24FN3O3/c1-20(2,3)27-19(26)22-12-11-18(25)24-16-10-9-14(21)13-17(16)23-15-7-5-4-6-8-15/h4-10,13,23H,11-12H2,1-3H3,(H,22,26)(H,24,25). The van der Waals surface area contributed by atoms with Gasteiger partial charge in [-0.25, -0.2) is 9.18 Å². The van der Waals surface area contributed by atoms with E-state index in [1.807, 2.05) is 30.3 Å². The van der Waals surface area contributed by atoms with Crippen LogP contribution in [0.5, 0.6) is 0 Å². The molecule has 0 fully saturated rings. The molecule has 0 radical (unpaired) electrons. The van der Waals surface area contributed by atoms with Gasteiger partial charge in [-0.2, -0.15) is 0 Å². The van der Waals surface area contributed by atoms with Gasteiger partial charge in [-0.05, 0) is 51.1 Å². The molecule has 2 aromatic rings. The molecule has 3 N–H and O–H groups in total. The quantitative estimate of drug-likeness (QED) is 0.700. The van der Waals surface area contributed by atoms with Crippen LogP contribution in [-0.2, 0) is 9.53 Å². The lowest BCUT2D eigenvalue weighted by molar-refractivity contribution is -0.116. The molecule has 0 heterocycles. The second-order valence-corrected chi connectivity index (χ2v) is 6.91. The predicted molar refractivity (Wildman–Crippen MR) is 104 cm³/mol. The first-order valence-corrected chi connectivity index (χ1v) is 8.61. The molecule has 0 aliphatic heterocycles. The third kappa shape index (κ3) is 7.35. The van der Waals surface area contributed by atoms with E-state index in [9.17, 15) is 14.0 Å². The zero-order valence-corrected chi connectivity index (χ0v) is 15.6. The fraction of sp³-hybridized carbons (Fsp3) is 0.300. The molecule has 27 heavy (non-hydrogen) atoms. The lowest BCUT2D eigenvalue weighted by Gasteiger charge is -2.19. The number of para-hydroxylation sites is 1. The summed E-state index contributed by atoms with van der Waals surface area (Å²) in [5, 5.41) is 8.32.